The molecule has 56 heavy (non-hydrogen) atoms. The molecule has 5 aromatic carbocycles. The van der Waals surface area contributed by atoms with Crippen LogP contribution >= 0.6 is 0 Å². The molecule has 3 heterocycles. The Morgan fingerprint density at radius 1 is 0.554 bits per heavy atom. The lowest BCUT2D eigenvalue weighted by Gasteiger charge is -2.13. The van der Waals surface area contributed by atoms with Crippen molar-refractivity contribution in [3.05, 3.63) is 201 Å². The van der Waals surface area contributed by atoms with Crippen LogP contribution in [-0.2, 0) is 0 Å². The van der Waals surface area contributed by atoms with Gasteiger partial charge in [-0.05, 0) is 81.8 Å². The van der Waals surface area contributed by atoms with Gasteiger partial charge in [0.25, 0.3) is 0 Å². The van der Waals surface area contributed by atoms with Crippen molar-refractivity contribution < 1.29 is 0 Å². The van der Waals surface area contributed by atoms with Gasteiger partial charge in [-0.15, -0.1) is 0 Å². The maximum atomic E-state index is 5.11. The van der Waals surface area contributed by atoms with Gasteiger partial charge in [0, 0.05) is 44.9 Å². The van der Waals surface area contributed by atoms with Gasteiger partial charge in [0.1, 0.15) is 0 Å². The van der Waals surface area contributed by atoms with Crippen LogP contribution in [0.1, 0.15) is 47.2 Å². The molecule has 0 aliphatic rings. The molecule has 8 rings (SSSR count). The fourth-order valence-electron chi connectivity index (χ4n) is 6.53. The lowest BCUT2D eigenvalue weighted by atomic mass is 10.1. The van der Waals surface area contributed by atoms with Crippen LogP contribution < -0.4 is 0 Å². The molecule has 0 N–H and O–H groups in total. The molecular formula is C52H52N4. The molecule has 0 fully saturated rings. The number of rotatable bonds is 7. The van der Waals surface area contributed by atoms with Gasteiger partial charge in [0.05, 0.1) is 27.9 Å². The van der Waals surface area contributed by atoms with Crippen LogP contribution in [0.25, 0.3) is 72.3 Å². The monoisotopic (exact) mass is 732 g/mol. The zero-order chi connectivity index (χ0) is 39.9. The number of para-hydroxylation sites is 2. The summed E-state index contributed by atoms with van der Waals surface area (Å²) in [5.74, 6) is 0.697. The highest BCUT2D eigenvalue weighted by Crippen LogP contribution is 2.38. The molecule has 0 bridgehead atoms. The Balaban J connectivity index is 0.000000543. The molecule has 4 nitrogen and oxygen atoms in total. The predicted molar refractivity (Wildman–Crippen MR) is 245 cm³/mol. The summed E-state index contributed by atoms with van der Waals surface area (Å²) in [6, 6.07) is 47.0. The van der Waals surface area contributed by atoms with E-state index in [9.17, 15) is 0 Å². The van der Waals surface area contributed by atoms with Crippen LogP contribution in [0.15, 0.2) is 195 Å². The Kier molecular flexibility index (Phi) is 14.5. The quantitative estimate of drug-likeness (QED) is 0.121. The molecule has 280 valence electrons. The van der Waals surface area contributed by atoms with Crippen LogP contribution in [0, 0.1) is 0 Å². The normalized spacial score (nSPS) is 11.1. The molecule has 0 aliphatic heterocycles. The van der Waals surface area contributed by atoms with Crippen molar-refractivity contribution in [1.29, 1.82) is 0 Å². The molecule has 0 radical (unpaired) electrons. The minimum Gasteiger partial charge on any atom is -0.316 e. The van der Waals surface area contributed by atoms with Gasteiger partial charge in [0.2, 0.25) is 0 Å². The van der Waals surface area contributed by atoms with Gasteiger partial charge in [-0.3, -0.25) is 0 Å². The van der Waals surface area contributed by atoms with Crippen LogP contribution in [-0.4, -0.2) is 19.1 Å². The summed E-state index contributed by atoms with van der Waals surface area (Å²) >= 11 is 0. The predicted octanol–water partition coefficient (Wildman–Crippen LogP) is 14.8. The van der Waals surface area contributed by atoms with Crippen LogP contribution in [0.5, 0.6) is 0 Å². The molecule has 3 aromatic heterocycles. The second-order valence-electron chi connectivity index (χ2n) is 12.5. The van der Waals surface area contributed by atoms with Gasteiger partial charge in [-0.25, -0.2) is 9.97 Å². The van der Waals surface area contributed by atoms with Crippen molar-refractivity contribution >= 4 is 38.3 Å². The minimum atomic E-state index is 0.697. The molecule has 4 heteroatoms. The number of nitrogens with zero attached hydrogens (tertiary/aromatic N) is 4. The molecule has 0 amide bonds. The summed E-state index contributed by atoms with van der Waals surface area (Å²) in [4.78, 5) is 10.2. The van der Waals surface area contributed by atoms with E-state index >= 15 is 0 Å². The van der Waals surface area contributed by atoms with E-state index in [1.165, 1.54) is 32.7 Å². The highest BCUT2D eigenvalue weighted by atomic mass is 15.0. The lowest BCUT2D eigenvalue weighted by Crippen LogP contribution is -1.99. The van der Waals surface area contributed by atoms with Gasteiger partial charge in [0.15, 0.2) is 5.82 Å². The average Bonchev–Trinajstić information content (AvgIpc) is 3.87. The Hall–Kier alpha value is -6.78. The molecule has 0 saturated carbocycles. The smallest absolute Gasteiger partial charge is 0.160 e. The Morgan fingerprint density at radius 3 is 1.86 bits per heavy atom. The first kappa shape index (κ1) is 40.4. The number of hydrogen-bond acceptors (Lipinski definition) is 2. The minimum absolute atomic E-state index is 0.697. The van der Waals surface area contributed by atoms with E-state index in [4.69, 9.17) is 9.97 Å². The first-order chi connectivity index (χ1) is 27.6. The summed E-state index contributed by atoms with van der Waals surface area (Å²) in [5, 5.41) is 3.66. The summed E-state index contributed by atoms with van der Waals surface area (Å²) < 4.78 is 4.66. The fraction of sp³-hybridized carbons (Fsp3) is 0.115. The van der Waals surface area contributed by atoms with Crippen molar-refractivity contribution in [2.75, 3.05) is 0 Å². The van der Waals surface area contributed by atoms with E-state index < -0.39 is 0 Å². The number of fused-ring (bicyclic) bond motifs is 5. The van der Waals surface area contributed by atoms with Crippen molar-refractivity contribution in [2.24, 2.45) is 0 Å². The maximum absolute atomic E-state index is 5.11. The molecule has 0 saturated heterocycles. The highest BCUT2D eigenvalue weighted by molar-refractivity contribution is 6.18. The number of allylic oxidation sites excluding steroid dienone is 8. The first-order valence-corrected chi connectivity index (χ1v) is 19.3. The Morgan fingerprint density at radius 2 is 1.20 bits per heavy atom. The number of benzene rings is 5. The molecule has 8 aromatic rings. The molecule has 0 spiro atoms. The van der Waals surface area contributed by atoms with Crippen molar-refractivity contribution in [1.82, 2.24) is 19.1 Å². The highest BCUT2D eigenvalue weighted by Gasteiger charge is 2.18. The zero-order valence-electron chi connectivity index (χ0n) is 33.5. The summed E-state index contributed by atoms with van der Waals surface area (Å²) in [7, 11) is 0. The third-order valence-electron chi connectivity index (χ3n) is 9.15. The van der Waals surface area contributed by atoms with Crippen molar-refractivity contribution in [2.45, 2.75) is 41.5 Å². The van der Waals surface area contributed by atoms with E-state index in [0.717, 1.165) is 39.5 Å². The lowest BCUT2D eigenvalue weighted by molar-refractivity contribution is 1.13. The standard InChI is InChI=1S/C42H32N4.C4H8.C4H6.C2H6/c1-3-14-29(4-2)37-28-38(30-15-7-5-8-16-30)44-42(43-37)31-17-13-20-33(27-31)46-40-22-12-11-21-34(40)35-23-24-39-36(41(35)46)25-26-45(39)32-18-9-6-10-19-32;2*1-3-4-2;1-2/h3-28H,1-2H3;3-4H,1-2H3;3-4H,1-2H2;1-2H3/b14-3-,29-4+;4-3-;;. The van der Waals surface area contributed by atoms with Crippen LogP contribution in [0.2, 0.25) is 0 Å². The van der Waals surface area contributed by atoms with Gasteiger partial charge < -0.3 is 9.13 Å². The number of hydrogen-bond donors (Lipinski definition) is 0. The second kappa shape index (κ2) is 20.1. The first-order valence-electron chi connectivity index (χ1n) is 19.3. The molecule has 0 atom stereocenters. The summed E-state index contributed by atoms with van der Waals surface area (Å²) in [6.45, 7) is 18.8. The second-order valence-corrected chi connectivity index (χ2v) is 12.5. The topological polar surface area (TPSA) is 35.6 Å². The van der Waals surface area contributed by atoms with Gasteiger partial charge >= 0.3 is 0 Å². The van der Waals surface area contributed by atoms with Gasteiger partial charge in [-0.1, -0.05) is 154 Å². The van der Waals surface area contributed by atoms with Crippen LogP contribution in [0.3, 0.4) is 0 Å². The van der Waals surface area contributed by atoms with Crippen molar-refractivity contribution in [3.8, 4) is 34.0 Å². The molecule has 0 unspecified atom stereocenters. The number of aromatic nitrogens is 4. The fourth-order valence-corrected chi connectivity index (χ4v) is 6.53. The van der Waals surface area contributed by atoms with E-state index in [1.54, 1.807) is 12.2 Å². The maximum Gasteiger partial charge on any atom is 0.160 e. The third kappa shape index (κ3) is 8.77. The average molecular weight is 733 g/mol. The van der Waals surface area contributed by atoms with E-state index in [1.807, 2.05) is 78.0 Å². The Bertz CT molecular complexity index is 2610. The largest absolute Gasteiger partial charge is 0.316 e. The van der Waals surface area contributed by atoms with E-state index in [0.29, 0.717) is 5.82 Å². The SMILES string of the molecule is C/C=C\C.C/C=C\C(=C/C)c1cc(-c2ccccc2)nc(-c2cccc(-n3c4ccccc4c4ccc5c(ccn5-c5ccccc5)c43)c2)n1.C=CC=C.CC. The molecule has 0 aliphatic carbocycles. The van der Waals surface area contributed by atoms with Crippen molar-refractivity contribution in [3.63, 3.8) is 0 Å². The third-order valence-corrected chi connectivity index (χ3v) is 9.15. The Labute approximate surface area is 332 Å². The van der Waals surface area contributed by atoms with Gasteiger partial charge in [-0.2, -0.15) is 0 Å². The summed E-state index contributed by atoms with van der Waals surface area (Å²) in [5.41, 5.74) is 10.6. The summed E-state index contributed by atoms with van der Waals surface area (Å²) in [6.07, 6.45) is 15.7. The van der Waals surface area contributed by atoms with Crippen LogP contribution in [0.4, 0.5) is 0 Å². The molecular weight excluding hydrogens is 681 g/mol. The zero-order valence-corrected chi connectivity index (χ0v) is 33.5. The van der Waals surface area contributed by atoms with E-state index in [-0.39, 0.29) is 0 Å². The van der Waals surface area contributed by atoms with E-state index in [2.05, 4.69) is 156 Å².